The van der Waals surface area contributed by atoms with Crippen molar-refractivity contribution in [3.8, 4) is 11.1 Å². The van der Waals surface area contributed by atoms with Crippen LogP contribution in [0.3, 0.4) is 0 Å². The molecule has 0 aromatic heterocycles. The van der Waals surface area contributed by atoms with Crippen LogP contribution in [0.5, 0.6) is 0 Å². The zero-order valence-electron chi connectivity index (χ0n) is 22.5. The van der Waals surface area contributed by atoms with Crippen molar-refractivity contribution in [2.45, 2.75) is 58.7 Å². The fourth-order valence-electron chi connectivity index (χ4n) is 4.25. The average molecular weight is 522 g/mol. The molecule has 1 aliphatic rings. The van der Waals surface area contributed by atoms with Gasteiger partial charge in [0.1, 0.15) is 18.7 Å². The van der Waals surface area contributed by atoms with Crippen LogP contribution in [0, 0.1) is 5.92 Å². The normalized spacial score (nSPS) is 17.1. The first kappa shape index (κ1) is 28.6. The van der Waals surface area contributed by atoms with Crippen molar-refractivity contribution in [3.63, 3.8) is 0 Å². The van der Waals surface area contributed by atoms with Crippen LogP contribution in [0.2, 0.25) is 0 Å². The number of ketones is 1. The summed E-state index contributed by atoms with van der Waals surface area (Å²) in [5.74, 6) is -4.93. The number of esters is 1. The predicted octanol–water partition coefficient (Wildman–Crippen LogP) is 2.62. The molecule has 1 heterocycles. The number of nitrogens with one attached hydrogen (secondary N) is 2. The quantitative estimate of drug-likeness (QED) is 0.407. The molecule has 38 heavy (non-hydrogen) atoms. The van der Waals surface area contributed by atoms with E-state index in [1.165, 1.54) is 4.90 Å². The van der Waals surface area contributed by atoms with Gasteiger partial charge in [-0.25, -0.2) is 0 Å². The number of piperidine rings is 1. The Morgan fingerprint density at radius 2 is 1.55 bits per heavy atom. The van der Waals surface area contributed by atoms with Crippen molar-refractivity contribution in [1.29, 1.82) is 0 Å². The standard InChI is InChI=1S/C29H35N3O6/c1-28(2,3)38-24(35)17-31-26(36)25-22(33)15-29(4,5)32(27(25)37)18-23(34)30-16-19-11-13-21(14-12-19)20-9-7-6-8-10-20/h6-14,25H,15-18H2,1-5H3,(H,30,34)(H,31,36). The van der Waals surface area contributed by atoms with Crippen molar-refractivity contribution >= 4 is 29.5 Å². The molecule has 1 unspecified atom stereocenters. The predicted molar refractivity (Wildman–Crippen MR) is 141 cm³/mol. The number of benzene rings is 2. The first-order valence-electron chi connectivity index (χ1n) is 12.5. The zero-order chi connectivity index (χ0) is 28.1. The molecule has 1 saturated heterocycles. The van der Waals surface area contributed by atoms with Crippen LogP contribution in [0.15, 0.2) is 54.6 Å². The molecule has 2 aromatic carbocycles. The third kappa shape index (κ3) is 7.50. The Morgan fingerprint density at radius 1 is 0.947 bits per heavy atom. The van der Waals surface area contributed by atoms with Gasteiger partial charge in [-0.2, -0.15) is 0 Å². The highest BCUT2D eigenvalue weighted by Gasteiger charge is 2.49. The average Bonchev–Trinajstić information content (AvgIpc) is 2.83. The summed E-state index contributed by atoms with van der Waals surface area (Å²) in [5.41, 5.74) is 1.34. The Balaban J connectivity index is 1.59. The number of amides is 3. The second kappa shape index (κ2) is 11.6. The number of ether oxygens (including phenoxy) is 1. The molecule has 202 valence electrons. The highest BCUT2D eigenvalue weighted by molar-refractivity contribution is 6.20. The fraction of sp³-hybridized carbons (Fsp3) is 0.414. The number of rotatable bonds is 8. The van der Waals surface area contributed by atoms with Gasteiger partial charge in [-0.1, -0.05) is 54.6 Å². The van der Waals surface area contributed by atoms with E-state index in [1.807, 2.05) is 54.6 Å². The van der Waals surface area contributed by atoms with Crippen LogP contribution in [-0.4, -0.2) is 58.6 Å². The van der Waals surface area contributed by atoms with Gasteiger partial charge in [0.15, 0.2) is 11.7 Å². The highest BCUT2D eigenvalue weighted by Crippen LogP contribution is 2.29. The van der Waals surface area contributed by atoms with E-state index in [9.17, 15) is 24.0 Å². The van der Waals surface area contributed by atoms with Gasteiger partial charge < -0.3 is 20.3 Å². The lowest BCUT2D eigenvalue weighted by Gasteiger charge is -2.43. The Hall–Kier alpha value is -4.01. The molecule has 3 amide bonds. The highest BCUT2D eigenvalue weighted by atomic mass is 16.6. The molecule has 0 bridgehead atoms. The summed E-state index contributed by atoms with van der Waals surface area (Å²) >= 11 is 0. The number of hydrogen-bond donors (Lipinski definition) is 2. The molecule has 1 aliphatic heterocycles. The Labute approximate surface area is 222 Å². The van der Waals surface area contributed by atoms with Crippen molar-refractivity contribution in [2.75, 3.05) is 13.1 Å². The van der Waals surface area contributed by atoms with E-state index in [4.69, 9.17) is 4.74 Å². The first-order valence-corrected chi connectivity index (χ1v) is 12.5. The number of carbonyl (C=O) groups excluding carboxylic acids is 5. The van der Waals surface area contributed by atoms with Crippen molar-refractivity contribution in [2.24, 2.45) is 5.92 Å². The molecule has 0 aliphatic carbocycles. The second-order valence-corrected chi connectivity index (χ2v) is 11.0. The third-order valence-electron chi connectivity index (χ3n) is 6.11. The summed E-state index contributed by atoms with van der Waals surface area (Å²) in [7, 11) is 0. The Kier molecular flexibility index (Phi) is 8.70. The second-order valence-electron chi connectivity index (χ2n) is 11.0. The fourth-order valence-corrected chi connectivity index (χ4v) is 4.25. The number of nitrogens with zero attached hydrogens (tertiary/aromatic N) is 1. The Morgan fingerprint density at radius 3 is 2.16 bits per heavy atom. The van der Waals surface area contributed by atoms with Gasteiger partial charge in [0.25, 0.3) is 0 Å². The summed E-state index contributed by atoms with van der Waals surface area (Å²) in [4.78, 5) is 64.5. The third-order valence-corrected chi connectivity index (χ3v) is 6.11. The van der Waals surface area contributed by atoms with Crippen molar-refractivity contribution in [3.05, 3.63) is 60.2 Å². The number of hydrogen-bond acceptors (Lipinski definition) is 6. The molecule has 0 spiro atoms. The molecule has 2 aromatic rings. The molecule has 0 saturated carbocycles. The van der Waals surface area contributed by atoms with Gasteiger partial charge in [0.05, 0.1) is 0 Å². The topological polar surface area (TPSA) is 122 Å². The molecule has 1 fully saturated rings. The van der Waals surface area contributed by atoms with Crippen LogP contribution in [0.1, 0.15) is 46.6 Å². The van der Waals surface area contributed by atoms with Gasteiger partial charge in [-0.05, 0) is 51.3 Å². The zero-order valence-corrected chi connectivity index (χ0v) is 22.5. The van der Waals surface area contributed by atoms with E-state index >= 15 is 0 Å². The minimum atomic E-state index is -1.62. The summed E-state index contributed by atoms with van der Waals surface area (Å²) < 4.78 is 5.14. The molecule has 3 rings (SSSR count). The lowest BCUT2D eigenvalue weighted by Crippen LogP contribution is -2.62. The smallest absolute Gasteiger partial charge is 0.325 e. The van der Waals surface area contributed by atoms with Gasteiger partial charge in [0, 0.05) is 18.5 Å². The SMILES string of the molecule is CC(C)(C)OC(=O)CNC(=O)C1C(=O)CC(C)(C)N(CC(=O)NCc2ccc(-c3ccccc3)cc2)C1=O. The summed E-state index contributed by atoms with van der Waals surface area (Å²) in [5, 5.41) is 5.12. The van der Waals surface area contributed by atoms with Gasteiger partial charge in [0.2, 0.25) is 17.7 Å². The van der Waals surface area contributed by atoms with Gasteiger partial charge in [-0.15, -0.1) is 0 Å². The lowest BCUT2D eigenvalue weighted by molar-refractivity contribution is -0.161. The maximum atomic E-state index is 13.2. The molecule has 2 N–H and O–H groups in total. The summed E-state index contributed by atoms with van der Waals surface area (Å²) in [6.07, 6.45) is -0.0997. The van der Waals surface area contributed by atoms with E-state index in [-0.39, 0.29) is 19.5 Å². The molecular weight excluding hydrogens is 486 g/mol. The molecule has 1 atom stereocenters. The minimum absolute atomic E-state index is 0.0997. The van der Waals surface area contributed by atoms with Crippen LogP contribution in [-0.2, 0) is 35.3 Å². The minimum Gasteiger partial charge on any atom is -0.459 e. The maximum absolute atomic E-state index is 13.2. The molecular formula is C29H35N3O6. The van der Waals surface area contributed by atoms with Crippen molar-refractivity contribution in [1.82, 2.24) is 15.5 Å². The number of carbonyl (C=O) groups is 5. The first-order chi connectivity index (χ1) is 17.8. The van der Waals surface area contributed by atoms with E-state index in [2.05, 4.69) is 10.6 Å². The van der Waals surface area contributed by atoms with E-state index in [1.54, 1.807) is 34.6 Å². The Bertz CT molecular complexity index is 1200. The van der Waals surface area contributed by atoms with Gasteiger partial charge >= 0.3 is 5.97 Å². The number of likely N-dealkylation sites (tertiary alicyclic amines) is 1. The number of Topliss-reactive ketones (excluding diaryl/α,β-unsaturated/α-hetero) is 1. The van der Waals surface area contributed by atoms with Crippen LogP contribution in [0.4, 0.5) is 0 Å². The van der Waals surface area contributed by atoms with E-state index < -0.39 is 53.1 Å². The molecule has 9 nitrogen and oxygen atoms in total. The van der Waals surface area contributed by atoms with E-state index in [0.717, 1.165) is 16.7 Å². The summed E-state index contributed by atoms with van der Waals surface area (Å²) in [6.45, 7) is 7.88. The molecule has 0 radical (unpaired) electrons. The van der Waals surface area contributed by atoms with Gasteiger partial charge in [-0.3, -0.25) is 24.0 Å². The maximum Gasteiger partial charge on any atom is 0.325 e. The van der Waals surface area contributed by atoms with E-state index in [0.29, 0.717) is 0 Å². The lowest BCUT2D eigenvalue weighted by atomic mass is 9.82. The van der Waals surface area contributed by atoms with Crippen molar-refractivity contribution < 1.29 is 28.7 Å². The molecule has 9 heteroatoms. The monoisotopic (exact) mass is 521 g/mol. The van der Waals surface area contributed by atoms with Crippen LogP contribution < -0.4 is 10.6 Å². The summed E-state index contributed by atoms with van der Waals surface area (Å²) in [6, 6.07) is 17.7. The van der Waals surface area contributed by atoms with Crippen LogP contribution >= 0.6 is 0 Å². The van der Waals surface area contributed by atoms with Crippen LogP contribution in [0.25, 0.3) is 11.1 Å². The largest absolute Gasteiger partial charge is 0.459 e.